The van der Waals surface area contributed by atoms with E-state index >= 15 is 0 Å². The van der Waals surface area contributed by atoms with Gasteiger partial charge in [-0.15, -0.1) is 0 Å². The van der Waals surface area contributed by atoms with Crippen molar-refractivity contribution in [1.29, 1.82) is 0 Å². The second-order valence-electron chi connectivity index (χ2n) is 7.47. The Morgan fingerprint density at radius 3 is 2.64 bits per heavy atom. The number of H-pyrrole nitrogens is 1. The zero-order valence-electron chi connectivity index (χ0n) is 15.6. The summed E-state index contributed by atoms with van der Waals surface area (Å²) in [4.78, 5) is 14.0. The minimum atomic E-state index is -3.60. The van der Waals surface area contributed by atoms with Gasteiger partial charge in [-0.2, -0.15) is 12.7 Å². The van der Waals surface area contributed by atoms with E-state index in [-0.39, 0.29) is 5.54 Å². The van der Waals surface area contributed by atoms with E-state index < -0.39 is 10.2 Å². The van der Waals surface area contributed by atoms with Crippen molar-refractivity contribution in [3.63, 3.8) is 0 Å². The van der Waals surface area contributed by atoms with E-state index in [9.17, 15) is 8.42 Å². The van der Waals surface area contributed by atoms with Gasteiger partial charge in [0.15, 0.2) is 0 Å². The standard InChI is InChI=1S/C19H22N6O2S/c1-23(15-5-3-2-4-6-15)28(26,27)25-12-11-24(13-19(25)8-9-19)18-16-7-10-20-17(16)21-14-22-18/h2-7,10,14H,8-9,11-13H2,1H3,(H,20,21,22). The Labute approximate surface area is 164 Å². The molecule has 0 amide bonds. The first kappa shape index (κ1) is 17.4. The predicted octanol–water partition coefficient (Wildman–Crippen LogP) is 1.99. The van der Waals surface area contributed by atoms with Gasteiger partial charge in [0.1, 0.15) is 17.8 Å². The minimum absolute atomic E-state index is 0.353. The largest absolute Gasteiger partial charge is 0.353 e. The fraction of sp³-hybridized carbons (Fsp3) is 0.368. The predicted molar refractivity (Wildman–Crippen MR) is 109 cm³/mol. The summed E-state index contributed by atoms with van der Waals surface area (Å²) in [5.74, 6) is 0.867. The highest BCUT2D eigenvalue weighted by atomic mass is 32.2. The van der Waals surface area contributed by atoms with Crippen LogP contribution < -0.4 is 9.21 Å². The number of hydrogen-bond acceptors (Lipinski definition) is 5. The average molecular weight is 398 g/mol. The Morgan fingerprint density at radius 2 is 1.89 bits per heavy atom. The molecule has 1 saturated carbocycles. The van der Waals surface area contributed by atoms with E-state index in [0.29, 0.717) is 25.3 Å². The van der Waals surface area contributed by atoms with Gasteiger partial charge >= 0.3 is 10.2 Å². The van der Waals surface area contributed by atoms with Gasteiger partial charge < -0.3 is 9.88 Å². The van der Waals surface area contributed by atoms with Crippen LogP contribution in [0.4, 0.5) is 11.5 Å². The quantitative estimate of drug-likeness (QED) is 0.727. The smallest absolute Gasteiger partial charge is 0.304 e. The van der Waals surface area contributed by atoms with Crippen molar-refractivity contribution in [2.75, 3.05) is 35.9 Å². The SMILES string of the molecule is CN(c1ccccc1)S(=O)(=O)N1CCN(c2ncnc3[nH]ccc23)CC12CC2. The molecule has 9 heteroatoms. The lowest BCUT2D eigenvalue weighted by Crippen LogP contribution is -2.59. The summed E-state index contributed by atoms with van der Waals surface area (Å²) in [5.41, 5.74) is 1.12. The van der Waals surface area contributed by atoms with Gasteiger partial charge in [-0.1, -0.05) is 18.2 Å². The fourth-order valence-corrected chi connectivity index (χ4v) is 5.81. The molecule has 3 aromatic rings. The maximum absolute atomic E-state index is 13.4. The summed E-state index contributed by atoms with van der Waals surface area (Å²) >= 11 is 0. The molecule has 5 rings (SSSR count). The van der Waals surface area contributed by atoms with Gasteiger partial charge in [0, 0.05) is 32.9 Å². The van der Waals surface area contributed by atoms with Crippen molar-refractivity contribution >= 4 is 32.7 Å². The summed E-state index contributed by atoms with van der Waals surface area (Å²) in [5, 5.41) is 0.969. The Morgan fingerprint density at radius 1 is 1.11 bits per heavy atom. The van der Waals surface area contributed by atoms with Gasteiger partial charge in [-0.3, -0.25) is 4.31 Å². The highest BCUT2D eigenvalue weighted by Crippen LogP contribution is 2.47. The number of aromatic amines is 1. The van der Waals surface area contributed by atoms with Gasteiger partial charge in [-0.25, -0.2) is 9.97 Å². The minimum Gasteiger partial charge on any atom is -0.353 e. The van der Waals surface area contributed by atoms with Gasteiger partial charge in [0.25, 0.3) is 0 Å². The molecule has 1 spiro atoms. The molecule has 0 radical (unpaired) electrons. The Balaban J connectivity index is 1.44. The first-order chi connectivity index (χ1) is 13.5. The number of rotatable bonds is 4. The van der Waals surface area contributed by atoms with E-state index in [1.54, 1.807) is 17.7 Å². The van der Waals surface area contributed by atoms with Crippen molar-refractivity contribution in [1.82, 2.24) is 19.3 Å². The molecule has 0 atom stereocenters. The van der Waals surface area contributed by atoms with Crippen molar-refractivity contribution in [3.05, 3.63) is 48.9 Å². The van der Waals surface area contributed by atoms with Gasteiger partial charge in [0.2, 0.25) is 0 Å². The Bertz CT molecular complexity index is 1110. The number of nitrogens with one attached hydrogen (secondary N) is 1. The lowest BCUT2D eigenvalue weighted by Gasteiger charge is -2.43. The molecule has 1 aromatic carbocycles. The first-order valence-electron chi connectivity index (χ1n) is 9.36. The van der Waals surface area contributed by atoms with Crippen LogP contribution in [-0.4, -0.2) is 59.9 Å². The van der Waals surface area contributed by atoms with Crippen molar-refractivity contribution < 1.29 is 8.42 Å². The van der Waals surface area contributed by atoms with Crippen LogP contribution in [0.5, 0.6) is 0 Å². The zero-order chi connectivity index (χ0) is 19.4. The highest BCUT2D eigenvalue weighted by molar-refractivity contribution is 7.90. The van der Waals surface area contributed by atoms with Gasteiger partial charge in [-0.05, 0) is 31.0 Å². The number of piperazine rings is 1. The molecule has 1 N–H and O–H groups in total. The molecule has 2 aromatic heterocycles. The highest BCUT2D eigenvalue weighted by Gasteiger charge is 2.56. The topological polar surface area (TPSA) is 85.4 Å². The van der Waals surface area contributed by atoms with Crippen LogP contribution >= 0.6 is 0 Å². The molecule has 0 bridgehead atoms. The molecule has 146 valence electrons. The second-order valence-corrected chi connectivity index (χ2v) is 9.35. The number of benzene rings is 1. The number of aromatic nitrogens is 3. The molecule has 1 aliphatic carbocycles. The lowest BCUT2D eigenvalue weighted by molar-refractivity contribution is 0.270. The van der Waals surface area contributed by atoms with E-state index in [0.717, 1.165) is 29.7 Å². The summed E-state index contributed by atoms with van der Waals surface area (Å²) in [7, 11) is -1.97. The number of anilines is 2. The van der Waals surface area contributed by atoms with Crippen molar-refractivity contribution in [2.24, 2.45) is 0 Å². The molecule has 0 unspecified atom stereocenters. The molecule has 1 saturated heterocycles. The average Bonchev–Trinajstić information content (AvgIpc) is 3.28. The van der Waals surface area contributed by atoms with E-state index in [1.807, 2.05) is 42.6 Å². The van der Waals surface area contributed by atoms with E-state index in [1.165, 1.54) is 4.31 Å². The monoisotopic (exact) mass is 398 g/mol. The lowest BCUT2D eigenvalue weighted by atomic mass is 10.2. The summed E-state index contributed by atoms with van der Waals surface area (Å²) in [6, 6.07) is 11.2. The Hall–Kier alpha value is -2.65. The molecule has 3 heterocycles. The number of fused-ring (bicyclic) bond motifs is 1. The Kier molecular flexibility index (Phi) is 3.85. The van der Waals surface area contributed by atoms with Crippen LogP contribution in [0, 0.1) is 0 Å². The van der Waals surface area contributed by atoms with Gasteiger partial charge in [0.05, 0.1) is 16.6 Å². The van der Waals surface area contributed by atoms with Crippen molar-refractivity contribution in [3.8, 4) is 0 Å². The number of hydrogen-bond donors (Lipinski definition) is 1. The van der Waals surface area contributed by atoms with Crippen molar-refractivity contribution in [2.45, 2.75) is 18.4 Å². The molecule has 1 aliphatic heterocycles. The molecular formula is C19H22N6O2S. The summed E-state index contributed by atoms with van der Waals surface area (Å²) < 4.78 is 29.8. The zero-order valence-corrected chi connectivity index (χ0v) is 16.4. The second kappa shape index (κ2) is 6.18. The van der Waals surface area contributed by atoms with Crippen LogP contribution in [0.2, 0.25) is 0 Å². The summed E-state index contributed by atoms with van der Waals surface area (Å²) in [6.45, 7) is 1.68. The van der Waals surface area contributed by atoms with Crippen LogP contribution in [0.1, 0.15) is 12.8 Å². The molecular weight excluding hydrogens is 376 g/mol. The normalized spacial score (nSPS) is 19.2. The molecule has 2 fully saturated rings. The van der Waals surface area contributed by atoms with E-state index in [2.05, 4.69) is 19.9 Å². The third-order valence-electron chi connectivity index (χ3n) is 5.79. The third-order valence-corrected chi connectivity index (χ3v) is 7.82. The fourth-order valence-electron chi connectivity index (χ4n) is 4.08. The molecule has 2 aliphatic rings. The maximum Gasteiger partial charge on any atom is 0.304 e. The number of para-hydroxylation sites is 1. The third kappa shape index (κ3) is 2.65. The molecule has 28 heavy (non-hydrogen) atoms. The van der Waals surface area contributed by atoms with Crippen LogP contribution in [0.25, 0.3) is 11.0 Å². The summed E-state index contributed by atoms with van der Waals surface area (Å²) in [6.07, 6.45) is 5.14. The number of nitrogens with zero attached hydrogens (tertiary/aromatic N) is 5. The first-order valence-corrected chi connectivity index (χ1v) is 10.8. The van der Waals surface area contributed by atoms with Crippen LogP contribution in [0.3, 0.4) is 0 Å². The van der Waals surface area contributed by atoms with E-state index in [4.69, 9.17) is 0 Å². The maximum atomic E-state index is 13.4. The molecule has 8 nitrogen and oxygen atoms in total. The van der Waals surface area contributed by atoms with Crippen LogP contribution in [0.15, 0.2) is 48.9 Å². The van der Waals surface area contributed by atoms with Crippen LogP contribution in [-0.2, 0) is 10.2 Å².